The minimum Gasteiger partial charge on any atom is -0.480 e. The lowest BCUT2D eigenvalue weighted by atomic mass is 9.73. The number of hydrogen-bond donors (Lipinski definition) is 3. The summed E-state index contributed by atoms with van der Waals surface area (Å²) in [6.07, 6.45) is 4.03. The van der Waals surface area contributed by atoms with E-state index < -0.39 is 18.0 Å². The topological polar surface area (TPSA) is 86.6 Å². The molecule has 2 aliphatic rings. The van der Waals surface area contributed by atoms with Gasteiger partial charge < -0.3 is 15.5 Å². The van der Waals surface area contributed by atoms with Crippen molar-refractivity contribution in [2.75, 3.05) is 6.54 Å². The number of hydrogen-bond acceptors (Lipinski definition) is 4. The van der Waals surface area contributed by atoms with E-state index in [2.05, 4.69) is 5.32 Å². The second-order valence-corrected chi connectivity index (χ2v) is 7.81. The van der Waals surface area contributed by atoms with Crippen LogP contribution in [0.5, 0.6) is 0 Å². The Morgan fingerprint density at radius 2 is 1.78 bits per heavy atom. The van der Waals surface area contributed by atoms with Crippen molar-refractivity contribution in [3.8, 4) is 0 Å². The van der Waals surface area contributed by atoms with Gasteiger partial charge in [0.2, 0.25) is 0 Å². The van der Waals surface area contributed by atoms with Crippen LogP contribution in [0.15, 0.2) is 29.2 Å². The van der Waals surface area contributed by atoms with Gasteiger partial charge in [0.05, 0.1) is 5.56 Å². The Morgan fingerprint density at radius 1 is 1.04 bits per heavy atom. The molecule has 0 bridgehead atoms. The third kappa shape index (κ3) is 3.87. The number of aromatic carboxylic acids is 1. The first kappa shape index (κ1) is 16.3. The van der Waals surface area contributed by atoms with Crippen LogP contribution in [0.25, 0.3) is 0 Å². The van der Waals surface area contributed by atoms with Crippen LogP contribution < -0.4 is 5.32 Å². The highest BCUT2D eigenvalue weighted by molar-refractivity contribution is 8.00. The molecule has 1 heterocycles. The van der Waals surface area contributed by atoms with E-state index in [4.69, 9.17) is 5.11 Å². The summed E-state index contributed by atoms with van der Waals surface area (Å²) in [6, 6.07) is 6.60. The van der Waals surface area contributed by atoms with Crippen molar-refractivity contribution in [2.45, 2.75) is 41.9 Å². The molecule has 0 spiro atoms. The van der Waals surface area contributed by atoms with Crippen LogP contribution >= 0.6 is 11.8 Å². The average Bonchev–Trinajstić information content (AvgIpc) is 2.54. The molecule has 5 nitrogen and oxygen atoms in total. The van der Waals surface area contributed by atoms with Gasteiger partial charge in [-0.05, 0) is 68.3 Å². The van der Waals surface area contributed by atoms with Crippen LogP contribution in [0, 0.1) is 11.8 Å². The van der Waals surface area contributed by atoms with E-state index in [1.54, 1.807) is 23.9 Å². The van der Waals surface area contributed by atoms with Crippen molar-refractivity contribution in [1.82, 2.24) is 5.32 Å². The van der Waals surface area contributed by atoms with Gasteiger partial charge in [0, 0.05) is 10.1 Å². The van der Waals surface area contributed by atoms with Gasteiger partial charge in [-0.25, -0.2) is 4.79 Å². The van der Waals surface area contributed by atoms with Crippen LogP contribution in [0.2, 0.25) is 0 Å². The maximum absolute atomic E-state index is 11.2. The van der Waals surface area contributed by atoms with E-state index in [9.17, 15) is 14.7 Å². The number of carbonyl (C=O) groups is 2. The molecule has 0 aromatic heterocycles. The van der Waals surface area contributed by atoms with Crippen LogP contribution in [0.3, 0.4) is 0 Å². The number of rotatable bonds is 4. The van der Waals surface area contributed by atoms with Crippen molar-refractivity contribution in [3.05, 3.63) is 29.8 Å². The molecule has 23 heavy (non-hydrogen) atoms. The number of carboxylic acid groups (broad SMARTS) is 2. The monoisotopic (exact) mass is 335 g/mol. The van der Waals surface area contributed by atoms with Gasteiger partial charge in [0.25, 0.3) is 0 Å². The Kier molecular flexibility index (Phi) is 4.92. The quantitative estimate of drug-likeness (QED) is 0.784. The van der Waals surface area contributed by atoms with Crippen LogP contribution in [0.4, 0.5) is 0 Å². The Balaban J connectivity index is 1.59. The standard InChI is InChI=1S/C17H21NO4S/c19-16(20)10-1-4-13(5-2-10)23-14-6-3-11-9-18-15(17(21)22)8-12(11)7-14/h1-2,4-5,11-12,14-15,18H,3,6-9H2,(H,19,20)(H,21,22)/t11-,12+,14-,15-/m0/s1. The fourth-order valence-electron chi connectivity index (χ4n) is 3.68. The van der Waals surface area contributed by atoms with E-state index in [0.29, 0.717) is 22.6 Å². The lowest BCUT2D eigenvalue weighted by molar-refractivity contribution is -0.141. The van der Waals surface area contributed by atoms with Gasteiger partial charge in [-0.3, -0.25) is 4.79 Å². The van der Waals surface area contributed by atoms with E-state index in [0.717, 1.165) is 37.1 Å². The van der Waals surface area contributed by atoms with E-state index >= 15 is 0 Å². The molecule has 124 valence electrons. The molecule has 6 heteroatoms. The molecule has 1 aliphatic carbocycles. The first-order valence-corrected chi connectivity index (χ1v) is 8.87. The van der Waals surface area contributed by atoms with Crippen molar-refractivity contribution < 1.29 is 19.8 Å². The lowest BCUT2D eigenvalue weighted by Crippen LogP contribution is -2.49. The zero-order chi connectivity index (χ0) is 16.4. The number of nitrogens with one attached hydrogen (secondary N) is 1. The van der Waals surface area contributed by atoms with Gasteiger partial charge in [-0.2, -0.15) is 0 Å². The summed E-state index contributed by atoms with van der Waals surface area (Å²) in [7, 11) is 0. The second-order valence-electron chi connectivity index (χ2n) is 6.44. The van der Waals surface area contributed by atoms with Crippen molar-refractivity contribution >= 4 is 23.7 Å². The molecule has 0 amide bonds. The van der Waals surface area contributed by atoms with Crippen LogP contribution in [-0.2, 0) is 4.79 Å². The molecule has 0 radical (unpaired) electrons. The number of thioether (sulfide) groups is 1. The summed E-state index contributed by atoms with van der Waals surface area (Å²) in [6.45, 7) is 0.812. The Bertz CT molecular complexity index is 589. The molecule has 2 fully saturated rings. The second kappa shape index (κ2) is 6.93. The number of piperidine rings is 1. The number of benzene rings is 1. The highest BCUT2D eigenvalue weighted by Gasteiger charge is 2.37. The average molecular weight is 335 g/mol. The number of aliphatic carboxylic acids is 1. The zero-order valence-corrected chi connectivity index (χ0v) is 13.6. The van der Waals surface area contributed by atoms with Crippen LogP contribution in [0.1, 0.15) is 36.0 Å². The molecule has 1 saturated heterocycles. The predicted molar refractivity (Wildman–Crippen MR) is 87.9 cm³/mol. The SMILES string of the molecule is O=C(O)c1ccc(S[C@H]2CC[C@H]3CN[C@H](C(=O)O)C[C@H]3C2)cc1. The van der Waals surface area contributed by atoms with E-state index in [-0.39, 0.29) is 0 Å². The molecular weight excluding hydrogens is 314 g/mol. The Morgan fingerprint density at radius 3 is 2.43 bits per heavy atom. The van der Waals surface area contributed by atoms with E-state index in [1.165, 1.54) is 0 Å². The van der Waals surface area contributed by atoms with Crippen molar-refractivity contribution in [3.63, 3.8) is 0 Å². The summed E-state index contributed by atoms with van der Waals surface area (Å²) >= 11 is 1.79. The van der Waals surface area contributed by atoms with Crippen LogP contribution in [-0.4, -0.2) is 40.0 Å². The number of carboxylic acids is 2. The third-order valence-corrected chi connectivity index (χ3v) is 6.26. The molecule has 1 aliphatic heterocycles. The molecule has 4 atom stereocenters. The predicted octanol–water partition coefficient (Wildman–Crippen LogP) is 2.71. The fraction of sp³-hybridized carbons (Fsp3) is 0.529. The summed E-state index contributed by atoms with van der Waals surface area (Å²) in [5, 5.41) is 21.7. The Hall–Kier alpha value is -1.53. The minimum absolute atomic E-state index is 0.306. The Labute approximate surface area is 139 Å². The first-order chi connectivity index (χ1) is 11.0. The highest BCUT2D eigenvalue weighted by Crippen LogP contribution is 2.42. The lowest BCUT2D eigenvalue weighted by Gasteiger charge is -2.41. The molecular formula is C17H21NO4S. The molecule has 1 saturated carbocycles. The molecule has 3 rings (SSSR count). The van der Waals surface area contributed by atoms with Gasteiger partial charge >= 0.3 is 11.9 Å². The largest absolute Gasteiger partial charge is 0.480 e. The molecule has 0 unspecified atom stereocenters. The third-order valence-electron chi connectivity index (χ3n) is 4.96. The van der Waals surface area contributed by atoms with Crippen molar-refractivity contribution in [1.29, 1.82) is 0 Å². The van der Waals surface area contributed by atoms with E-state index in [1.807, 2.05) is 12.1 Å². The maximum Gasteiger partial charge on any atom is 0.335 e. The smallest absolute Gasteiger partial charge is 0.335 e. The van der Waals surface area contributed by atoms with Gasteiger partial charge in [-0.1, -0.05) is 0 Å². The van der Waals surface area contributed by atoms with Crippen molar-refractivity contribution in [2.24, 2.45) is 11.8 Å². The molecule has 3 N–H and O–H groups in total. The zero-order valence-electron chi connectivity index (χ0n) is 12.8. The van der Waals surface area contributed by atoms with Gasteiger partial charge in [0.1, 0.15) is 6.04 Å². The maximum atomic E-state index is 11.2. The summed E-state index contributed by atoms with van der Waals surface area (Å²) in [4.78, 5) is 23.1. The molecule has 1 aromatic rings. The van der Waals surface area contributed by atoms with Gasteiger partial charge in [-0.15, -0.1) is 11.8 Å². The first-order valence-electron chi connectivity index (χ1n) is 7.99. The summed E-state index contributed by atoms with van der Waals surface area (Å²) < 4.78 is 0. The normalized spacial score (nSPS) is 30.4. The fourth-order valence-corrected chi connectivity index (χ4v) is 4.96. The highest BCUT2D eigenvalue weighted by atomic mass is 32.2. The molecule has 1 aromatic carbocycles. The number of fused-ring (bicyclic) bond motifs is 1. The van der Waals surface area contributed by atoms with Gasteiger partial charge in [0.15, 0.2) is 0 Å². The summed E-state index contributed by atoms with van der Waals surface area (Å²) in [5.41, 5.74) is 0.306. The minimum atomic E-state index is -0.906. The summed E-state index contributed by atoms with van der Waals surface area (Å²) in [5.74, 6) is -0.585.